The Hall–Kier alpha value is -1.56. The SMILES string of the molecule is CC(C)CCN(CC(=O)Nc1ccccc1C(F)(F)F)C1CC1. The van der Waals surface area contributed by atoms with Crippen LogP contribution in [0.25, 0.3) is 0 Å². The van der Waals surface area contributed by atoms with Crippen molar-refractivity contribution in [3.05, 3.63) is 29.8 Å². The topological polar surface area (TPSA) is 32.3 Å². The summed E-state index contributed by atoms with van der Waals surface area (Å²) in [7, 11) is 0. The summed E-state index contributed by atoms with van der Waals surface area (Å²) in [4.78, 5) is 14.2. The van der Waals surface area contributed by atoms with Gasteiger partial charge in [-0.15, -0.1) is 0 Å². The number of hydrogen-bond acceptors (Lipinski definition) is 2. The third kappa shape index (κ3) is 5.53. The number of amides is 1. The molecule has 1 aromatic rings. The number of nitrogens with zero attached hydrogens (tertiary/aromatic N) is 1. The standard InChI is InChI=1S/C17H23F3N2O/c1-12(2)9-10-22(13-7-8-13)11-16(23)21-15-6-4-3-5-14(15)17(18,19)20/h3-6,12-13H,7-11H2,1-2H3,(H,21,23). The van der Waals surface area contributed by atoms with Gasteiger partial charge in [0.1, 0.15) is 0 Å². The van der Waals surface area contributed by atoms with E-state index in [2.05, 4.69) is 24.1 Å². The molecule has 0 atom stereocenters. The van der Waals surface area contributed by atoms with Gasteiger partial charge in [0.05, 0.1) is 17.8 Å². The minimum atomic E-state index is -4.47. The first kappa shape index (κ1) is 17.8. The van der Waals surface area contributed by atoms with Crippen LogP contribution in [0.15, 0.2) is 24.3 Å². The van der Waals surface area contributed by atoms with Crippen molar-refractivity contribution in [1.82, 2.24) is 4.90 Å². The zero-order chi connectivity index (χ0) is 17.0. The second-order valence-corrected chi connectivity index (χ2v) is 6.48. The average Bonchev–Trinajstić information content (AvgIpc) is 3.27. The predicted molar refractivity (Wildman–Crippen MR) is 84.1 cm³/mol. The first-order valence-corrected chi connectivity index (χ1v) is 7.97. The van der Waals surface area contributed by atoms with E-state index < -0.39 is 17.6 Å². The molecule has 1 aliphatic carbocycles. The summed E-state index contributed by atoms with van der Waals surface area (Å²) in [5, 5.41) is 2.42. The number of anilines is 1. The summed E-state index contributed by atoms with van der Waals surface area (Å²) in [5.41, 5.74) is -0.988. The average molecular weight is 328 g/mol. The highest BCUT2D eigenvalue weighted by Crippen LogP contribution is 2.34. The highest BCUT2D eigenvalue weighted by molar-refractivity contribution is 5.93. The fraction of sp³-hybridized carbons (Fsp3) is 0.588. The third-order valence-corrected chi connectivity index (χ3v) is 3.91. The Morgan fingerprint density at radius 2 is 1.96 bits per heavy atom. The van der Waals surface area contributed by atoms with E-state index in [0.717, 1.165) is 31.9 Å². The first-order valence-electron chi connectivity index (χ1n) is 7.97. The Morgan fingerprint density at radius 1 is 1.30 bits per heavy atom. The number of rotatable bonds is 7. The van der Waals surface area contributed by atoms with Gasteiger partial charge >= 0.3 is 6.18 Å². The zero-order valence-corrected chi connectivity index (χ0v) is 13.5. The normalized spacial score (nSPS) is 15.3. The van der Waals surface area contributed by atoms with Crippen LogP contribution in [0.1, 0.15) is 38.7 Å². The molecule has 1 N–H and O–H groups in total. The molecule has 0 unspecified atom stereocenters. The fourth-order valence-electron chi connectivity index (χ4n) is 2.47. The van der Waals surface area contributed by atoms with Gasteiger partial charge in [-0.25, -0.2) is 0 Å². The van der Waals surface area contributed by atoms with E-state index in [0.29, 0.717) is 12.0 Å². The Balaban J connectivity index is 1.98. The highest BCUT2D eigenvalue weighted by Gasteiger charge is 2.34. The van der Waals surface area contributed by atoms with E-state index in [1.807, 2.05) is 0 Å². The van der Waals surface area contributed by atoms with Gasteiger partial charge in [-0.2, -0.15) is 13.2 Å². The number of carbonyl (C=O) groups is 1. The summed E-state index contributed by atoms with van der Waals surface area (Å²) < 4.78 is 38.8. The number of nitrogens with one attached hydrogen (secondary N) is 1. The lowest BCUT2D eigenvalue weighted by Gasteiger charge is -2.22. The van der Waals surface area contributed by atoms with Crippen LogP contribution in [-0.2, 0) is 11.0 Å². The molecule has 3 nitrogen and oxygen atoms in total. The van der Waals surface area contributed by atoms with Crippen molar-refractivity contribution in [3.63, 3.8) is 0 Å². The van der Waals surface area contributed by atoms with Crippen LogP contribution in [-0.4, -0.2) is 29.9 Å². The highest BCUT2D eigenvalue weighted by atomic mass is 19.4. The summed E-state index contributed by atoms with van der Waals surface area (Å²) in [6, 6.07) is 5.47. The van der Waals surface area contributed by atoms with Crippen molar-refractivity contribution in [2.24, 2.45) is 5.92 Å². The number of carbonyl (C=O) groups excluding carboxylic acids is 1. The van der Waals surface area contributed by atoms with Gasteiger partial charge in [0, 0.05) is 6.04 Å². The number of benzene rings is 1. The van der Waals surface area contributed by atoms with Crippen LogP contribution in [0.5, 0.6) is 0 Å². The molecular formula is C17H23F3N2O. The van der Waals surface area contributed by atoms with Crippen molar-refractivity contribution in [1.29, 1.82) is 0 Å². The predicted octanol–water partition coefficient (Wildman–Crippen LogP) is 4.15. The molecule has 1 amide bonds. The van der Waals surface area contributed by atoms with E-state index in [-0.39, 0.29) is 12.2 Å². The van der Waals surface area contributed by atoms with Crippen LogP contribution in [0, 0.1) is 5.92 Å². The molecule has 0 heterocycles. The van der Waals surface area contributed by atoms with Crippen LogP contribution in [0.4, 0.5) is 18.9 Å². The Bertz CT molecular complexity index is 539. The molecule has 23 heavy (non-hydrogen) atoms. The van der Waals surface area contributed by atoms with Gasteiger partial charge in [-0.1, -0.05) is 26.0 Å². The van der Waals surface area contributed by atoms with E-state index in [1.165, 1.54) is 18.2 Å². The Labute approximate surface area is 134 Å². The molecule has 1 aromatic carbocycles. The summed E-state index contributed by atoms with van der Waals surface area (Å²) >= 11 is 0. The van der Waals surface area contributed by atoms with Crippen molar-refractivity contribution in [3.8, 4) is 0 Å². The van der Waals surface area contributed by atoms with Crippen molar-refractivity contribution < 1.29 is 18.0 Å². The maximum absolute atomic E-state index is 12.9. The smallest absolute Gasteiger partial charge is 0.324 e. The number of halogens is 3. The van der Waals surface area contributed by atoms with Gasteiger partial charge < -0.3 is 5.32 Å². The quantitative estimate of drug-likeness (QED) is 0.815. The third-order valence-electron chi connectivity index (χ3n) is 3.91. The lowest BCUT2D eigenvalue weighted by Crippen LogP contribution is -2.36. The number of para-hydroxylation sites is 1. The van der Waals surface area contributed by atoms with Crippen LogP contribution < -0.4 is 5.32 Å². The molecule has 0 spiro atoms. The van der Waals surface area contributed by atoms with E-state index >= 15 is 0 Å². The van der Waals surface area contributed by atoms with Crippen LogP contribution >= 0.6 is 0 Å². The van der Waals surface area contributed by atoms with Crippen molar-refractivity contribution >= 4 is 11.6 Å². The van der Waals surface area contributed by atoms with Gasteiger partial charge in [-0.05, 0) is 43.9 Å². The molecule has 1 saturated carbocycles. The van der Waals surface area contributed by atoms with Gasteiger partial charge in [0.15, 0.2) is 0 Å². The molecule has 0 bridgehead atoms. The Morgan fingerprint density at radius 3 is 2.52 bits per heavy atom. The maximum Gasteiger partial charge on any atom is 0.418 e. The van der Waals surface area contributed by atoms with Crippen molar-refractivity contribution in [2.45, 2.75) is 45.3 Å². The summed E-state index contributed by atoms with van der Waals surface area (Å²) in [5.74, 6) is 0.141. The zero-order valence-electron chi connectivity index (χ0n) is 13.5. The van der Waals surface area contributed by atoms with E-state index in [1.54, 1.807) is 0 Å². The molecule has 0 aliphatic heterocycles. The van der Waals surface area contributed by atoms with Gasteiger partial charge in [-0.3, -0.25) is 9.69 Å². The molecule has 1 fully saturated rings. The van der Waals surface area contributed by atoms with E-state index in [9.17, 15) is 18.0 Å². The fourth-order valence-corrected chi connectivity index (χ4v) is 2.47. The summed E-state index contributed by atoms with van der Waals surface area (Å²) in [6.45, 7) is 5.18. The Kier molecular flexibility index (Phi) is 5.68. The minimum Gasteiger partial charge on any atom is -0.324 e. The van der Waals surface area contributed by atoms with Crippen LogP contribution in [0.3, 0.4) is 0 Å². The second-order valence-electron chi connectivity index (χ2n) is 6.48. The molecule has 128 valence electrons. The van der Waals surface area contributed by atoms with Crippen molar-refractivity contribution in [2.75, 3.05) is 18.4 Å². The molecule has 2 rings (SSSR count). The number of hydrogen-bond donors (Lipinski definition) is 1. The molecule has 0 radical (unpaired) electrons. The van der Waals surface area contributed by atoms with Crippen LogP contribution in [0.2, 0.25) is 0 Å². The summed E-state index contributed by atoms with van der Waals surface area (Å²) in [6.07, 6.45) is -1.38. The van der Waals surface area contributed by atoms with Gasteiger partial charge in [0.25, 0.3) is 0 Å². The molecular weight excluding hydrogens is 305 g/mol. The molecule has 1 aliphatic rings. The maximum atomic E-state index is 12.9. The molecule has 0 saturated heterocycles. The monoisotopic (exact) mass is 328 g/mol. The minimum absolute atomic E-state index is 0.142. The second kappa shape index (κ2) is 7.34. The first-order chi connectivity index (χ1) is 10.8. The van der Waals surface area contributed by atoms with Gasteiger partial charge in [0.2, 0.25) is 5.91 Å². The number of alkyl halides is 3. The lowest BCUT2D eigenvalue weighted by atomic mass is 10.1. The largest absolute Gasteiger partial charge is 0.418 e. The molecule has 0 aromatic heterocycles. The lowest BCUT2D eigenvalue weighted by molar-refractivity contribution is -0.137. The molecule has 6 heteroatoms. The van der Waals surface area contributed by atoms with E-state index in [4.69, 9.17) is 0 Å².